The molecule has 5 aliphatic rings. The van der Waals surface area contributed by atoms with Gasteiger partial charge in [-0.2, -0.15) is 0 Å². The third-order valence-electron chi connectivity index (χ3n) is 9.99. The maximum absolute atomic E-state index is 13.6. The van der Waals surface area contributed by atoms with E-state index in [1.807, 2.05) is 6.92 Å². The number of nitrogens with one attached hydrogen (secondary N) is 1. The first kappa shape index (κ1) is 28.6. The van der Waals surface area contributed by atoms with Gasteiger partial charge in [0.25, 0.3) is 0 Å². The molecule has 6 rings (SSSR count). The minimum atomic E-state index is -1.11. The van der Waals surface area contributed by atoms with Crippen LogP contribution in [0.3, 0.4) is 0 Å². The van der Waals surface area contributed by atoms with Crippen LogP contribution in [-0.4, -0.2) is 78.3 Å². The molecule has 40 heavy (non-hydrogen) atoms. The van der Waals surface area contributed by atoms with Gasteiger partial charge in [0.2, 0.25) is 11.8 Å². The average molecular weight is 555 g/mol. The van der Waals surface area contributed by atoms with Crippen molar-refractivity contribution in [2.24, 2.45) is 23.2 Å². The number of rotatable bonds is 10. The van der Waals surface area contributed by atoms with E-state index in [9.17, 15) is 24.6 Å². The number of hydrogen-bond acceptors (Lipinski definition) is 7. The molecule has 218 valence electrons. The van der Waals surface area contributed by atoms with Gasteiger partial charge in [0.15, 0.2) is 11.5 Å². The lowest BCUT2D eigenvalue weighted by molar-refractivity contribution is -0.146. The fourth-order valence-electron chi connectivity index (χ4n) is 7.74. The maximum atomic E-state index is 13.6. The topological polar surface area (TPSA) is 125 Å². The minimum absolute atomic E-state index is 0.0491. The Balaban J connectivity index is 1.55. The SMILES string of the molecule is CCCC(=O)N(C[C@@H]1CC[C@H]2C[C@@H]1C2(C)C)[C@@H]1C=C(C(=O)NCCO)[C@@H]2c3cc(C=O)cc(OC)c3O[C@@H]2[C@H]1O. The smallest absolute Gasteiger partial charge is 0.247 e. The van der Waals surface area contributed by atoms with Crippen LogP contribution in [-0.2, 0) is 9.59 Å². The molecule has 4 aliphatic carbocycles. The predicted molar refractivity (Wildman–Crippen MR) is 148 cm³/mol. The Kier molecular flexibility index (Phi) is 7.99. The van der Waals surface area contributed by atoms with E-state index in [1.165, 1.54) is 13.5 Å². The third kappa shape index (κ3) is 4.71. The lowest BCUT2D eigenvalue weighted by Crippen LogP contribution is -2.59. The molecule has 2 bridgehead atoms. The molecule has 0 radical (unpaired) electrons. The molecule has 0 aromatic heterocycles. The van der Waals surface area contributed by atoms with Gasteiger partial charge in [0.05, 0.1) is 25.7 Å². The van der Waals surface area contributed by atoms with Crippen molar-refractivity contribution >= 4 is 18.1 Å². The number of carbonyl (C=O) groups excluding carboxylic acids is 3. The number of methoxy groups -OCH3 is 1. The molecule has 9 heteroatoms. The standard InChI is InChI=1S/C31H42N2O7/c1-5-6-25(36)33(15-18-7-8-19-13-22(18)31(19,2)3)23-14-21(30(38)32-9-10-34)26-20-11-17(16-35)12-24(39-4)28(20)40-29(26)27(23)37/h11-12,14,16,18-19,22-23,26-27,29,34,37H,5-10,13,15H2,1-4H3,(H,32,38)/t18-,19-,22-,23+,26-,27-,29-/m0/s1. The Labute approximate surface area is 235 Å². The number of aliphatic hydroxyl groups is 2. The first-order chi connectivity index (χ1) is 19.2. The summed E-state index contributed by atoms with van der Waals surface area (Å²) in [4.78, 5) is 40.6. The fourth-order valence-corrected chi connectivity index (χ4v) is 7.74. The molecule has 3 N–H and O–H groups in total. The number of fused-ring (bicyclic) bond motifs is 5. The van der Waals surface area contributed by atoms with Crippen LogP contribution in [0, 0.1) is 23.2 Å². The number of hydrogen-bond donors (Lipinski definition) is 3. The van der Waals surface area contributed by atoms with Crippen molar-refractivity contribution in [2.45, 2.75) is 77.0 Å². The summed E-state index contributed by atoms with van der Waals surface area (Å²) in [6, 6.07) is 2.46. The molecule has 9 nitrogen and oxygen atoms in total. The molecule has 1 aromatic rings. The first-order valence-electron chi connectivity index (χ1n) is 14.6. The highest BCUT2D eigenvalue weighted by atomic mass is 16.5. The molecular formula is C31H42N2O7. The van der Waals surface area contributed by atoms with E-state index in [0.29, 0.717) is 65.7 Å². The molecule has 1 aliphatic heterocycles. The average Bonchev–Trinajstić information content (AvgIpc) is 3.34. The van der Waals surface area contributed by atoms with Gasteiger partial charge in [-0.3, -0.25) is 14.4 Å². The Morgan fingerprint density at radius 3 is 2.67 bits per heavy atom. The van der Waals surface area contributed by atoms with Crippen LogP contribution in [0.25, 0.3) is 0 Å². The van der Waals surface area contributed by atoms with Crippen LogP contribution in [0.4, 0.5) is 0 Å². The molecule has 1 aromatic carbocycles. The van der Waals surface area contributed by atoms with E-state index >= 15 is 0 Å². The molecule has 3 saturated carbocycles. The van der Waals surface area contributed by atoms with Crippen molar-refractivity contribution in [1.29, 1.82) is 0 Å². The fraction of sp³-hybridized carbons (Fsp3) is 0.645. The molecule has 7 atom stereocenters. The number of carbonyl (C=O) groups is 3. The number of benzene rings is 1. The molecular weight excluding hydrogens is 512 g/mol. The van der Waals surface area contributed by atoms with E-state index in [2.05, 4.69) is 19.2 Å². The lowest BCUT2D eigenvalue weighted by Gasteiger charge is -2.61. The summed E-state index contributed by atoms with van der Waals surface area (Å²) in [5.74, 6) is 1.17. The highest BCUT2D eigenvalue weighted by molar-refractivity contribution is 5.96. The van der Waals surface area contributed by atoms with Crippen LogP contribution >= 0.6 is 0 Å². The van der Waals surface area contributed by atoms with Crippen molar-refractivity contribution < 1.29 is 34.1 Å². The lowest BCUT2D eigenvalue weighted by atomic mass is 9.45. The second-order valence-electron chi connectivity index (χ2n) is 12.4. The van der Waals surface area contributed by atoms with Gasteiger partial charge in [-0.25, -0.2) is 0 Å². The Hall–Kier alpha value is -2.91. The van der Waals surface area contributed by atoms with Gasteiger partial charge in [0.1, 0.15) is 18.5 Å². The maximum Gasteiger partial charge on any atom is 0.247 e. The highest BCUT2D eigenvalue weighted by Gasteiger charge is 2.56. The zero-order valence-corrected chi connectivity index (χ0v) is 23.9. The monoisotopic (exact) mass is 554 g/mol. The summed E-state index contributed by atoms with van der Waals surface area (Å²) >= 11 is 0. The van der Waals surface area contributed by atoms with Crippen molar-refractivity contribution in [3.63, 3.8) is 0 Å². The molecule has 0 spiro atoms. The van der Waals surface area contributed by atoms with E-state index in [4.69, 9.17) is 9.47 Å². The third-order valence-corrected chi connectivity index (χ3v) is 9.99. The number of aliphatic hydroxyl groups excluding tert-OH is 2. The first-order valence-corrected chi connectivity index (χ1v) is 14.6. The van der Waals surface area contributed by atoms with Gasteiger partial charge < -0.3 is 29.9 Å². The Morgan fingerprint density at radius 2 is 2.05 bits per heavy atom. The van der Waals surface area contributed by atoms with Gasteiger partial charge in [-0.05, 0) is 67.1 Å². The van der Waals surface area contributed by atoms with Crippen LogP contribution in [0.2, 0.25) is 0 Å². The zero-order chi connectivity index (χ0) is 28.8. The summed E-state index contributed by atoms with van der Waals surface area (Å²) < 4.78 is 11.8. The summed E-state index contributed by atoms with van der Waals surface area (Å²) in [7, 11) is 1.47. The number of ether oxygens (including phenoxy) is 2. The predicted octanol–water partition coefficient (Wildman–Crippen LogP) is 2.83. The summed E-state index contributed by atoms with van der Waals surface area (Å²) in [5, 5.41) is 23.9. The molecule has 2 amide bonds. The van der Waals surface area contributed by atoms with Crippen molar-refractivity contribution in [2.75, 3.05) is 26.8 Å². The van der Waals surface area contributed by atoms with Crippen LogP contribution in [0.15, 0.2) is 23.8 Å². The second kappa shape index (κ2) is 11.2. The van der Waals surface area contributed by atoms with Gasteiger partial charge in [0, 0.05) is 36.2 Å². The van der Waals surface area contributed by atoms with Gasteiger partial charge >= 0.3 is 0 Å². The molecule has 0 saturated heterocycles. The highest BCUT2D eigenvalue weighted by Crippen LogP contribution is 2.61. The largest absolute Gasteiger partial charge is 0.493 e. The quantitative estimate of drug-likeness (QED) is 0.380. The minimum Gasteiger partial charge on any atom is -0.493 e. The summed E-state index contributed by atoms with van der Waals surface area (Å²) in [5.41, 5.74) is 1.53. The van der Waals surface area contributed by atoms with Crippen molar-refractivity contribution in [3.05, 3.63) is 34.9 Å². The second-order valence-corrected chi connectivity index (χ2v) is 12.4. The number of nitrogens with zero attached hydrogens (tertiary/aromatic N) is 1. The Bertz CT molecular complexity index is 1190. The Morgan fingerprint density at radius 1 is 1.27 bits per heavy atom. The van der Waals surface area contributed by atoms with Gasteiger partial charge in [-0.15, -0.1) is 0 Å². The number of amides is 2. The van der Waals surface area contributed by atoms with E-state index in [0.717, 1.165) is 18.8 Å². The summed E-state index contributed by atoms with van der Waals surface area (Å²) in [6.45, 7) is 6.96. The summed E-state index contributed by atoms with van der Waals surface area (Å²) in [6.07, 6.45) is 4.83. The zero-order valence-electron chi connectivity index (χ0n) is 23.9. The van der Waals surface area contributed by atoms with E-state index in [1.54, 1.807) is 23.1 Å². The molecule has 3 fully saturated rings. The van der Waals surface area contributed by atoms with E-state index in [-0.39, 0.29) is 24.5 Å². The van der Waals surface area contributed by atoms with Crippen LogP contribution in [0.5, 0.6) is 11.5 Å². The molecule has 1 heterocycles. The van der Waals surface area contributed by atoms with Gasteiger partial charge in [-0.1, -0.05) is 20.8 Å². The van der Waals surface area contributed by atoms with Crippen LogP contribution in [0.1, 0.15) is 74.7 Å². The van der Waals surface area contributed by atoms with E-state index < -0.39 is 30.1 Å². The molecule has 0 unspecified atom stereocenters. The normalized spacial score (nSPS) is 31.1. The van der Waals surface area contributed by atoms with Crippen molar-refractivity contribution in [3.8, 4) is 11.5 Å². The van der Waals surface area contributed by atoms with Crippen LogP contribution < -0.4 is 14.8 Å². The van der Waals surface area contributed by atoms with Crippen molar-refractivity contribution in [1.82, 2.24) is 10.2 Å². The number of aldehydes is 1.